The first-order chi connectivity index (χ1) is 19.1. The van der Waals surface area contributed by atoms with Crippen LogP contribution >= 0.6 is 12.6 Å². The van der Waals surface area contributed by atoms with Crippen molar-refractivity contribution in [1.29, 1.82) is 5.26 Å². The standard InChI is InChI=1S/4C8H16N.CHNS.Zn/c4*1-2-3-8-4-6-9-7-5-8;2-1-3;/h4*8H,2-7H2,1H3;3H;/q4*-1;;+2. The molecule has 0 saturated carbocycles. The van der Waals surface area contributed by atoms with Crippen LogP contribution in [0.25, 0.3) is 21.3 Å². The van der Waals surface area contributed by atoms with Gasteiger partial charge in [-0.2, -0.15) is 5.26 Å². The Balaban J connectivity index is 0. The van der Waals surface area contributed by atoms with Gasteiger partial charge in [-0.15, -0.1) is 52.4 Å². The number of hydrogen-bond acceptors (Lipinski definition) is 2. The van der Waals surface area contributed by atoms with Crippen molar-refractivity contribution in [2.75, 3.05) is 52.4 Å². The summed E-state index contributed by atoms with van der Waals surface area (Å²) in [4.78, 5) is 0. The molecular weight excluding hydrogens is 564 g/mol. The molecule has 232 valence electrons. The van der Waals surface area contributed by atoms with Gasteiger partial charge in [0, 0.05) is 0 Å². The van der Waals surface area contributed by atoms with Crippen LogP contribution in [-0.2, 0) is 19.5 Å². The molecule has 4 fully saturated rings. The fraction of sp³-hybridized carbons (Fsp3) is 0.970. The van der Waals surface area contributed by atoms with Gasteiger partial charge in [0.2, 0.25) is 0 Å². The van der Waals surface area contributed by atoms with E-state index < -0.39 is 0 Å². The first-order valence-electron chi connectivity index (χ1n) is 16.7. The minimum Gasteiger partial charge on any atom is -0.662 e. The molecule has 0 N–H and O–H groups in total. The fourth-order valence-corrected chi connectivity index (χ4v) is 6.00. The van der Waals surface area contributed by atoms with Crippen molar-refractivity contribution in [3.05, 3.63) is 21.3 Å². The molecule has 0 radical (unpaired) electrons. The SMILES string of the molecule is CCCC1CC[N-]CC1.CCCC1CC[N-]CC1.CCCC1CC[N-]CC1.CCCC1CC[N-]CC1.N#CS.[Zn+2]. The zero-order valence-corrected chi connectivity index (χ0v) is 31.0. The molecule has 40 heavy (non-hydrogen) atoms. The van der Waals surface area contributed by atoms with Crippen LogP contribution in [0.3, 0.4) is 0 Å². The number of nitrogens with zero attached hydrogens (tertiary/aromatic N) is 5. The van der Waals surface area contributed by atoms with Crippen molar-refractivity contribution >= 4 is 12.6 Å². The van der Waals surface area contributed by atoms with E-state index in [1.807, 2.05) is 0 Å². The molecule has 0 bridgehead atoms. The predicted octanol–water partition coefficient (Wildman–Crippen LogP) is 10.7. The molecule has 0 aromatic carbocycles. The fourth-order valence-electron chi connectivity index (χ4n) is 6.00. The monoisotopic (exact) mass is 627 g/mol. The molecule has 7 heteroatoms. The van der Waals surface area contributed by atoms with E-state index in [2.05, 4.69) is 61.6 Å². The van der Waals surface area contributed by atoms with Gasteiger partial charge in [0.1, 0.15) is 5.40 Å². The van der Waals surface area contributed by atoms with Gasteiger partial charge >= 0.3 is 19.5 Å². The smallest absolute Gasteiger partial charge is 0.662 e. The average molecular weight is 629 g/mol. The van der Waals surface area contributed by atoms with E-state index in [0.717, 1.165) is 76.0 Å². The first kappa shape index (κ1) is 42.4. The molecule has 0 unspecified atom stereocenters. The maximum Gasteiger partial charge on any atom is 2.00 e. The van der Waals surface area contributed by atoms with Crippen molar-refractivity contribution in [3.63, 3.8) is 0 Å². The second kappa shape index (κ2) is 33.8. The van der Waals surface area contributed by atoms with Gasteiger partial charge in [-0.05, 0) is 23.7 Å². The van der Waals surface area contributed by atoms with Gasteiger partial charge < -0.3 is 21.3 Å². The van der Waals surface area contributed by atoms with E-state index in [9.17, 15) is 0 Å². The Morgan fingerprint density at radius 1 is 0.475 bits per heavy atom. The summed E-state index contributed by atoms with van der Waals surface area (Å²) in [6, 6.07) is 0. The molecule has 0 atom stereocenters. The summed E-state index contributed by atoms with van der Waals surface area (Å²) in [5, 5.41) is 25.9. The third-order valence-electron chi connectivity index (χ3n) is 8.35. The van der Waals surface area contributed by atoms with E-state index >= 15 is 0 Å². The second-order valence-electron chi connectivity index (χ2n) is 11.7. The first-order valence-corrected chi connectivity index (χ1v) is 17.2. The van der Waals surface area contributed by atoms with Crippen molar-refractivity contribution in [1.82, 2.24) is 0 Å². The Morgan fingerprint density at radius 2 is 0.625 bits per heavy atom. The van der Waals surface area contributed by atoms with Crippen molar-refractivity contribution in [2.24, 2.45) is 23.7 Å². The van der Waals surface area contributed by atoms with E-state index in [1.54, 1.807) is 0 Å². The Labute approximate surface area is 269 Å². The molecule has 0 spiro atoms. The van der Waals surface area contributed by atoms with Crippen LogP contribution in [0.15, 0.2) is 0 Å². The topological polar surface area (TPSA) is 80.2 Å². The number of hydrogen-bond donors (Lipinski definition) is 1. The maximum absolute atomic E-state index is 7.18. The number of rotatable bonds is 8. The zero-order chi connectivity index (χ0) is 28.8. The summed E-state index contributed by atoms with van der Waals surface area (Å²) in [5.41, 5.74) is 0. The van der Waals surface area contributed by atoms with Crippen LogP contribution in [-0.4, -0.2) is 52.4 Å². The normalized spacial score (nSPS) is 20.3. The number of nitriles is 1. The van der Waals surface area contributed by atoms with E-state index in [4.69, 9.17) is 5.26 Å². The summed E-state index contributed by atoms with van der Waals surface area (Å²) in [7, 11) is 0. The molecule has 4 heterocycles. The molecule has 4 saturated heterocycles. The van der Waals surface area contributed by atoms with Crippen LogP contribution < -0.4 is 0 Å². The minimum atomic E-state index is 0. The third kappa shape index (κ3) is 27.2. The number of piperidine rings is 4. The molecule has 4 rings (SSSR count). The molecule has 0 aromatic heterocycles. The molecule has 0 aliphatic carbocycles. The Morgan fingerprint density at radius 3 is 0.750 bits per heavy atom. The largest absolute Gasteiger partial charge is 2.00 e. The summed E-state index contributed by atoms with van der Waals surface area (Å²) in [6.45, 7) is 18.1. The number of thiocyanates is 1. The van der Waals surface area contributed by atoms with Crippen molar-refractivity contribution in [2.45, 2.75) is 130 Å². The van der Waals surface area contributed by atoms with Crippen molar-refractivity contribution < 1.29 is 19.5 Å². The van der Waals surface area contributed by atoms with Gasteiger partial charge in [0.15, 0.2) is 0 Å². The second-order valence-corrected chi connectivity index (χ2v) is 11.9. The van der Waals surface area contributed by atoms with Crippen LogP contribution in [0.5, 0.6) is 0 Å². The molecule has 5 nitrogen and oxygen atoms in total. The maximum atomic E-state index is 7.18. The predicted molar refractivity (Wildman–Crippen MR) is 177 cm³/mol. The Kier molecular flexibility index (Phi) is 35.9. The Hall–Kier alpha value is 0.303. The Bertz CT molecular complexity index is 418. The summed E-state index contributed by atoms with van der Waals surface area (Å²) in [6.07, 6.45) is 22.0. The van der Waals surface area contributed by atoms with Crippen LogP contribution in [0.4, 0.5) is 0 Å². The van der Waals surface area contributed by atoms with Gasteiger partial charge in [-0.25, -0.2) is 0 Å². The van der Waals surface area contributed by atoms with E-state index in [1.165, 1.54) is 108 Å². The summed E-state index contributed by atoms with van der Waals surface area (Å²) in [5.74, 6) is 4.03. The average Bonchev–Trinajstić information content (AvgIpc) is 2.98. The van der Waals surface area contributed by atoms with Crippen molar-refractivity contribution in [3.8, 4) is 5.40 Å². The zero-order valence-electron chi connectivity index (χ0n) is 27.2. The van der Waals surface area contributed by atoms with Crippen LogP contribution in [0.1, 0.15) is 130 Å². The van der Waals surface area contributed by atoms with E-state index in [0.29, 0.717) is 0 Å². The summed E-state index contributed by atoms with van der Waals surface area (Å²) < 4.78 is 0. The van der Waals surface area contributed by atoms with Gasteiger partial charge in [-0.1, -0.05) is 143 Å². The third-order valence-corrected chi connectivity index (χ3v) is 8.35. The summed E-state index contributed by atoms with van der Waals surface area (Å²) >= 11 is 3.09. The van der Waals surface area contributed by atoms with Gasteiger partial charge in [0.25, 0.3) is 0 Å². The van der Waals surface area contributed by atoms with Crippen LogP contribution in [0.2, 0.25) is 0 Å². The molecule has 0 amide bonds. The molecular formula is C33H65N5SZn-2. The van der Waals surface area contributed by atoms with E-state index in [-0.39, 0.29) is 19.5 Å². The molecule has 4 aliphatic rings. The van der Waals surface area contributed by atoms with Gasteiger partial charge in [0.05, 0.1) is 0 Å². The number of thiol groups is 1. The van der Waals surface area contributed by atoms with Gasteiger partial charge in [-0.3, -0.25) is 0 Å². The molecule has 0 aromatic rings. The molecule has 4 aliphatic heterocycles. The van der Waals surface area contributed by atoms with Crippen LogP contribution in [0, 0.1) is 34.3 Å². The minimum absolute atomic E-state index is 0. The quantitative estimate of drug-likeness (QED) is 0.162.